The highest BCUT2D eigenvalue weighted by molar-refractivity contribution is 5.92. The highest BCUT2D eigenvalue weighted by atomic mass is 16.1. The Morgan fingerprint density at radius 1 is 1.05 bits per heavy atom. The van der Waals surface area contributed by atoms with Crippen molar-refractivity contribution >= 4 is 5.78 Å². The summed E-state index contributed by atoms with van der Waals surface area (Å²) < 4.78 is 0. The fourth-order valence-corrected chi connectivity index (χ4v) is 6.96. The van der Waals surface area contributed by atoms with Gasteiger partial charge in [0.25, 0.3) is 0 Å². The Hall–Kier alpha value is -0.590. The van der Waals surface area contributed by atoms with Gasteiger partial charge in [0, 0.05) is 6.42 Å². The lowest BCUT2D eigenvalue weighted by Crippen LogP contribution is -2.49. The van der Waals surface area contributed by atoms with Crippen molar-refractivity contribution in [1.29, 1.82) is 0 Å². The van der Waals surface area contributed by atoms with Gasteiger partial charge in [0.15, 0.2) is 5.78 Å². The monoisotopic (exact) mass is 286 g/mol. The van der Waals surface area contributed by atoms with Gasteiger partial charge in [-0.2, -0.15) is 0 Å². The molecule has 4 aliphatic rings. The van der Waals surface area contributed by atoms with E-state index >= 15 is 0 Å². The van der Waals surface area contributed by atoms with Crippen LogP contribution in [-0.4, -0.2) is 5.78 Å². The third-order valence-electron chi connectivity index (χ3n) is 7.69. The van der Waals surface area contributed by atoms with Crippen molar-refractivity contribution in [2.45, 2.75) is 72.1 Å². The summed E-state index contributed by atoms with van der Waals surface area (Å²) in [5.41, 5.74) is 2.35. The molecular weight excluding hydrogens is 256 g/mol. The predicted octanol–water partition coefficient (Wildman–Crippen LogP) is 5.15. The smallest absolute Gasteiger partial charge is 0.156 e. The summed E-state index contributed by atoms with van der Waals surface area (Å²) in [5.74, 6) is 3.86. The Morgan fingerprint density at radius 2 is 1.86 bits per heavy atom. The van der Waals surface area contributed by atoms with Crippen molar-refractivity contribution in [3.63, 3.8) is 0 Å². The molecule has 116 valence electrons. The molecule has 4 aliphatic carbocycles. The van der Waals surface area contributed by atoms with E-state index in [9.17, 15) is 4.79 Å². The largest absolute Gasteiger partial charge is 0.295 e. The molecule has 4 rings (SSSR count). The van der Waals surface area contributed by atoms with Gasteiger partial charge in [-0.15, -0.1) is 0 Å². The normalized spacial score (nSPS) is 48.1. The lowest BCUT2D eigenvalue weighted by atomic mass is 9.48. The second kappa shape index (κ2) is 4.46. The van der Waals surface area contributed by atoms with Crippen LogP contribution in [0.5, 0.6) is 0 Å². The number of allylic oxidation sites excluding steroid dienone is 1. The first kappa shape index (κ1) is 14.0. The minimum absolute atomic E-state index is 0.191. The minimum Gasteiger partial charge on any atom is -0.295 e. The summed E-state index contributed by atoms with van der Waals surface area (Å²) in [6, 6.07) is 0. The van der Waals surface area contributed by atoms with Gasteiger partial charge >= 0.3 is 0 Å². The minimum atomic E-state index is 0.191. The highest BCUT2D eigenvalue weighted by Crippen LogP contribution is 2.63. The quantitative estimate of drug-likeness (QED) is 0.601. The Morgan fingerprint density at radius 3 is 2.67 bits per heavy atom. The van der Waals surface area contributed by atoms with E-state index in [1.807, 2.05) is 6.08 Å². The molecule has 0 aromatic rings. The van der Waals surface area contributed by atoms with Crippen LogP contribution in [0, 0.1) is 34.5 Å². The Bertz CT molecular complexity index is 500. The molecule has 0 radical (unpaired) electrons. The lowest BCUT2D eigenvalue weighted by molar-refractivity contribution is -0.120. The summed E-state index contributed by atoms with van der Waals surface area (Å²) >= 11 is 0. The Labute approximate surface area is 129 Å². The summed E-state index contributed by atoms with van der Waals surface area (Å²) in [6.45, 7) is 7.28. The van der Waals surface area contributed by atoms with Gasteiger partial charge in [-0.05, 0) is 79.1 Å². The molecule has 5 atom stereocenters. The molecule has 0 unspecified atom stereocenters. The molecule has 3 fully saturated rings. The summed E-state index contributed by atoms with van der Waals surface area (Å²) in [4.78, 5) is 12.1. The third kappa shape index (κ3) is 1.99. The van der Waals surface area contributed by atoms with Crippen molar-refractivity contribution in [3.05, 3.63) is 11.6 Å². The Balaban J connectivity index is 1.70. The zero-order valence-electron chi connectivity index (χ0n) is 14.0. The second-order valence-electron chi connectivity index (χ2n) is 9.39. The van der Waals surface area contributed by atoms with Crippen molar-refractivity contribution < 1.29 is 4.79 Å². The van der Waals surface area contributed by atoms with E-state index < -0.39 is 0 Å². The van der Waals surface area contributed by atoms with Crippen LogP contribution >= 0.6 is 0 Å². The van der Waals surface area contributed by atoms with Crippen LogP contribution in [0.25, 0.3) is 0 Å². The van der Waals surface area contributed by atoms with E-state index in [4.69, 9.17) is 0 Å². The molecule has 0 amide bonds. The zero-order chi connectivity index (χ0) is 14.8. The third-order valence-corrected chi connectivity index (χ3v) is 7.69. The van der Waals surface area contributed by atoms with Crippen LogP contribution in [0.4, 0.5) is 0 Å². The molecule has 0 N–H and O–H groups in total. The SMILES string of the molecule is CC1(C)CC(=O)C=C2CC[C@@H]3[C@H](CC[C@]4(C)CCC[C@@H]34)[C@H]21. The predicted molar refractivity (Wildman–Crippen MR) is 85.9 cm³/mol. The van der Waals surface area contributed by atoms with Crippen LogP contribution in [0.3, 0.4) is 0 Å². The van der Waals surface area contributed by atoms with E-state index in [1.165, 1.54) is 50.5 Å². The zero-order valence-corrected chi connectivity index (χ0v) is 14.0. The van der Waals surface area contributed by atoms with Crippen LogP contribution in [0.1, 0.15) is 72.1 Å². The van der Waals surface area contributed by atoms with Crippen LogP contribution in [-0.2, 0) is 4.79 Å². The summed E-state index contributed by atoms with van der Waals surface area (Å²) in [7, 11) is 0. The van der Waals surface area contributed by atoms with Crippen molar-refractivity contribution in [2.24, 2.45) is 34.5 Å². The number of carbonyl (C=O) groups excluding carboxylic acids is 1. The van der Waals surface area contributed by atoms with Gasteiger partial charge in [0.2, 0.25) is 0 Å². The fraction of sp³-hybridized carbons (Fsp3) is 0.850. The molecule has 0 aliphatic heterocycles. The van der Waals surface area contributed by atoms with Gasteiger partial charge < -0.3 is 0 Å². The van der Waals surface area contributed by atoms with Crippen molar-refractivity contribution in [2.75, 3.05) is 0 Å². The first-order valence-corrected chi connectivity index (χ1v) is 9.14. The van der Waals surface area contributed by atoms with Gasteiger partial charge in [-0.25, -0.2) is 0 Å². The summed E-state index contributed by atoms with van der Waals surface area (Å²) in [5, 5.41) is 0. The molecule has 1 heteroatoms. The van der Waals surface area contributed by atoms with Gasteiger partial charge in [-0.1, -0.05) is 32.8 Å². The number of hydrogen-bond donors (Lipinski definition) is 0. The lowest BCUT2D eigenvalue weighted by Gasteiger charge is -2.56. The molecule has 0 spiro atoms. The van der Waals surface area contributed by atoms with Crippen LogP contribution < -0.4 is 0 Å². The number of fused-ring (bicyclic) bond motifs is 5. The van der Waals surface area contributed by atoms with Crippen molar-refractivity contribution in [3.8, 4) is 0 Å². The molecule has 3 saturated carbocycles. The molecule has 0 saturated heterocycles. The topological polar surface area (TPSA) is 17.1 Å². The molecule has 0 aromatic heterocycles. The summed E-state index contributed by atoms with van der Waals surface area (Å²) in [6.07, 6.45) is 12.6. The maximum atomic E-state index is 12.1. The first-order chi connectivity index (χ1) is 9.91. The molecule has 0 heterocycles. The number of carbonyl (C=O) groups is 1. The average molecular weight is 286 g/mol. The van der Waals surface area contributed by atoms with E-state index in [-0.39, 0.29) is 5.41 Å². The molecule has 21 heavy (non-hydrogen) atoms. The van der Waals surface area contributed by atoms with Gasteiger partial charge in [0.05, 0.1) is 0 Å². The maximum Gasteiger partial charge on any atom is 0.156 e. The van der Waals surface area contributed by atoms with E-state index in [2.05, 4.69) is 20.8 Å². The Kier molecular flexibility index (Phi) is 2.98. The molecule has 0 aromatic carbocycles. The first-order valence-electron chi connectivity index (χ1n) is 9.14. The number of rotatable bonds is 0. The second-order valence-corrected chi connectivity index (χ2v) is 9.39. The van der Waals surface area contributed by atoms with E-state index in [1.54, 1.807) is 0 Å². The van der Waals surface area contributed by atoms with Gasteiger partial charge in [0.1, 0.15) is 0 Å². The number of hydrogen-bond acceptors (Lipinski definition) is 1. The van der Waals surface area contributed by atoms with Crippen LogP contribution in [0.15, 0.2) is 11.6 Å². The van der Waals surface area contributed by atoms with E-state index in [0.717, 1.165) is 24.2 Å². The van der Waals surface area contributed by atoms with E-state index in [0.29, 0.717) is 17.1 Å². The fourth-order valence-electron chi connectivity index (χ4n) is 6.96. The van der Waals surface area contributed by atoms with Gasteiger partial charge in [-0.3, -0.25) is 4.79 Å². The molecule has 0 bridgehead atoms. The molecular formula is C20H30O. The highest BCUT2D eigenvalue weighted by Gasteiger charge is 2.55. The standard InChI is InChI=1S/C20H30O/c1-19(2)12-14(21)11-13-6-7-15-16(18(13)19)8-10-20(3)9-4-5-17(15)20/h11,15-18H,4-10,12H2,1-3H3/t15-,16+,17+,18+,20+/m1/s1. The maximum absolute atomic E-state index is 12.1. The van der Waals surface area contributed by atoms with Crippen LogP contribution in [0.2, 0.25) is 0 Å². The van der Waals surface area contributed by atoms with Crippen molar-refractivity contribution in [1.82, 2.24) is 0 Å². The number of ketones is 1. The average Bonchev–Trinajstić information content (AvgIpc) is 2.78. The molecule has 1 nitrogen and oxygen atoms in total.